The van der Waals surface area contributed by atoms with Crippen molar-refractivity contribution in [2.24, 2.45) is 0 Å². The third kappa shape index (κ3) is 4.09. The van der Waals surface area contributed by atoms with Gasteiger partial charge in [0, 0.05) is 26.6 Å². The van der Waals surface area contributed by atoms with Gasteiger partial charge in [-0.05, 0) is 41.0 Å². The Morgan fingerprint density at radius 1 is 1.07 bits per heavy atom. The van der Waals surface area contributed by atoms with Crippen molar-refractivity contribution >= 4 is 35.0 Å². The van der Waals surface area contributed by atoms with Crippen LogP contribution in [0, 0.1) is 0 Å². The van der Waals surface area contributed by atoms with E-state index in [1.165, 1.54) is 6.26 Å². The number of likely N-dealkylation sites (N-methyl/N-ethyl adjacent to an activating group) is 1. The van der Waals surface area contributed by atoms with Gasteiger partial charge in [-0.3, -0.25) is 9.59 Å². The molecule has 3 aromatic rings. The molecular formula is C23H20Cl2N2O3. The van der Waals surface area contributed by atoms with Crippen molar-refractivity contribution in [3.05, 3.63) is 93.4 Å². The second-order valence-electron chi connectivity index (χ2n) is 7.34. The van der Waals surface area contributed by atoms with E-state index >= 15 is 0 Å². The number of amides is 2. The Labute approximate surface area is 184 Å². The molecular weight excluding hydrogens is 423 g/mol. The van der Waals surface area contributed by atoms with Crippen LogP contribution >= 0.6 is 23.2 Å². The summed E-state index contributed by atoms with van der Waals surface area (Å²) in [6.07, 6.45) is 1.91. The van der Waals surface area contributed by atoms with Gasteiger partial charge in [0.25, 0.3) is 5.91 Å². The second kappa shape index (κ2) is 8.54. The quantitative estimate of drug-likeness (QED) is 0.582. The summed E-state index contributed by atoms with van der Waals surface area (Å²) in [6.45, 7) is 0.712. The third-order valence-electron chi connectivity index (χ3n) is 5.31. The highest BCUT2D eigenvalue weighted by molar-refractivity contribution is 6.42. The predicted molar refractivity (Wildman–Crippen MR) is 115 cm³/mol. The topological polar surface area (TPSA) is 53.8 Å². The summed E-state index contributed by atoms with van der Waals surface area (Å²) in [5.74, 6) is -0.217. The Kier molecular flexibility index (Phi) is 5.84. The Morgan fingerprint density at radius 2 is 1.83 bits per heavy atom. The number of nitrogens with zero attached hydrogens (tertiary/aromatic N) is 2. The van der Waals surface area contributed by atoms with Gasteiger partial charge >= 0.3 is 0 Å². The molecule has 1 aromatic heterocycles. The smallest absolute Gasteiger partial charge is 0.290 e. The zero-order valence-corrected chi connectivity index (χ0v) is 17.9. The fraction of sp³-hybridized carbons (Fsp3) is 0.217. The molecule has 1 aliphatic heterocycles. The molecule has 0 radical (unpaired) electrons. The number of hydrogen-bond acceptors (Lipinski definition) is 3. The zero-order chi connectivity index (χ0) is 21.3. The van der Waals surface area contributed by atoms with E-state index in [0.717, 1.165) is 16.7 Å². The van der Waals surface area contributed by atoms with Gasteiger partial charge in [-0.25, -0.2) is 0 Å². The molecule has 1 unspecified atom stereocenters. The molecule has 0 bridgehead atoms. The van der Waals surface area contributed by atoms with Crippen molar-refractivity contribution in [1.82, 2.24) is 9.80 Å². The molecule has 0 fully saturated rings. The van der Waals surface area contributed by atoms with E-state index in [1.54, 1.807) is 41.1 Å². The van der Waals surface area contributed by atoms with Crippen LogP contribution in [0.25, 0.3) is 0 Å². The lowest BCUT2D eigenvalue weighted by Gasteiger charge is -2.37. The normalized spacial score (nSPS) is 15.6. The maximum atomic E-state index is 13.4. The van der Waals surface area contributed by atoms with Crippen molar-refractivity contribution in [2.45, 2.75) is 25.6 Å². The molecule has 154 valence electrons. The monoisotopic (exact) mass is 442 g/mol. The number of furan rings is 1. The van der Waals surface area contributed by atoms with Crippen LogP contribution in [0.15, 0.2) is 65.3 Å². The molecule has 7 heteroatoms. The van der Waals surface area contributed by atoms with Crippen LogP contribution in [-0.4, -0.2) is 34.7 Å². The number of benzene rings is 2. The molecule has 0 spiro atoms. The van der Waals surface area contributed by atoms with Gasteiger partial charge < -0.3 is 14.2 Å². The molecule has 2 amide bonds. The minimum Gasteiger partial charge on any atom is -0.459 e. The lowest BCUT2D eigenvalue weighted by molar-refractivity contribution is -0.135. The van der Waals surface area contributed by atoms with E-state index < -0.39 is 6.04 Å². The summed E-state index contributed by atoms with van der Waals surface area (Å²) in [7, 11) is 1.72. The van der Waals surface area contributed by atoms with E-state index in [1.807, 2.05) is 30.3 Å². The van der Waals surface area contributed by atoms with Crippen molar-refractivity contribution < 1.29 is 14.0 Å². The maximum Gasteiger partial charge on any atom is 0.290 e. The fourth-order valence-electron chi connectivity index (χ4n) is 3.74. The lowest BCUT2D eigenvalue weighted by Crippen LogP contribution is -2.52. The van der Waals surface area contributed by atoms with E-state index in [0.29, 0.717) is 29.6 Å². The van der Waals surface area contributed by atoms with E-state index in [-0.39, 0.29) is 17.6 Å². The molecule has 0 saturated carbocycles. The van der Waals surface area contributed by atoms with Gasteiger partial charge in [0.2, 0.25) is 5.91 Å². The Balaban J connectivity index is 1.60. The number of fused-ring (bicyclic) bond motifs is 1. The molecule has 0 aliphatic carbocycles. The van der Waals surface area contributed by atoms with Crippen molar-refractivity contribution in [2.75, 3.05) is 7.05 Å². The van der Waals surface area contributed by atoms with E-state index in [2.05, 4.69) is 0 Å². The van der Waals surface area contributed by atoms with Crippen LogP contribution in [-0.2, 0) is 24.3 Å². The Bertz CT molecular complexity index is 1080. The number of carbonyl (C=O) groups is 2. The van der Waals surface area contributed by atoms with E-state index in [4.69, 9.17) is 27.6 Å². The Hall–Kier alpha value is -2.76. The maximum absolute atomic E-state index is 13.4. The molecule has 5 nitrogen and oxygen atoms in total. The van der Waals surface area contributed by atoms with Gasteiger partial charge in [0.1, 0.15) is 6.04 Å². The highest BCUT2D eigenvalue weighted by atomic mass is 35.5. The van der Waals surface area contributed by atoms with Crippen LogP contribution in [0.1, 0.15) is 27.2 Å². The van der Waals surface area contributed by atoms with Gasteiger partial charge in [0.05, 0.1) is 16.3 Å². The molecule has 0 N–H and O–H groups in total. The Morgan fingerprint density at radius 3 is 2.53 bits per heavy atom. The number of rotatable bonds is 4. The third-order valence-corrected chi connectivity index (χ3v) is 6.05. The predicted octanol–water partition coefficient (Wildman–Crippen LogP) is 4.81. The van der Waals surface area contributed by atoms with Gasteiger partial charge in [-0.15, -0.1) is 0 Å². The van der Waals surface area contributed by atoms with Crippen LogP contribution in [0.2, 0.25) is 10.0 Å². The summed E-state index contributed by atoms with van der Waals surface area (Å²) in [5.41, 5.74) is 2.97. The van der Waals surface area contributed by atoms with Crippen molar-refractivity contribution in [3.8, 4) is 0 Å². The van der Waals surface area contributed by atoms with Gasteiger partial charge in [-0.1, -0.05) is 53.5 Å². The standard InChI is InChI=1S/C23H20Cl2N2O3/c1-26(13-15-8-9-18(24)19(25)11-15)22(28)20-12-16-5-2-3-6-17(16)14-27(20)23(29)21-7-4-10-30-21/h2-11,20H,12-14H2,1H3. The minimum absolute atomic E-state index is 0.143. The first-order valence-corrected chi connectivity index (χ1v) is 10.3. The largest absolute Gasteiger partial charge is 0.459 e. The van der Waals surface area contributed by atoms with Crippen LogP contribution in [0.3, 0.4) is 0 Å². The number of hydrogen-bond donors (Lipinski definition) is 0. The van der Waals surface area contributed by atoms with Gasteiger partial charge in [-0.2, -0.15) is 0 Å². The summed E-state index contributed by atoms with van der Waals surface area (Å²) in [5, 5.41) is 0.907. The lowest BCUT2D eigenvalue weighted by atomic mass is 9.93. The highest BCUT2D eigenvalue weighted by Gasteiger charge is 2.37. The van der Waals surface area contributed by atoms with Crippen LogP contribution < -0.4 is 0 Å². The van der Waals surface area contributed by atoms with Crippen molar-refractivity contribution in [1.29, 1.82) is 0 Å². The summed E-state index contributed by atoms with van der Waals surface area (Å²) in [4.78, 5) is 29.7. The zero-order valence-electron chi connectivity index (χ0n) is 16.3. The summed E-state index contributed by atoms with van der Waals surface area (Å²) in [6, 6.07) is 15.8. The van der Waals surface area contributed by atoms with Crippen LogP contribution in [0.5, 0.6) is 0 Å². The average molecular weight is 443 g/mol. The summed E-state index contributed by atoms with van der Waals surface area (Å²) < 4.78 is 5.30. The molecule has 1 atom stereocenters. The van der Waals surface area contributed by atoms with Crippen LogP contribution in [0.4, 0.5) is 0 Å². The fourth-order valence-corrected chi connectivity index (χ4v) is 4.06. The molecule has 0 saturated heterocycles. The molecule has 30 heavy (non-hydrogen) atoms. The second-order valence-corrected chi connectivity index (χ2v) is 8.16. The minimum atomic E-state index is -0.620. The first-order valence-electron chi connectivity index (χ1n) is 9.54. The first-order chi connectivity index (χ1) is 14.4. The molecule has 1 aliphatic rings. The SMILES string of the molecule is CN(Cc1ccc(Cl)c(Cl)c1)C(=O)C1Cc2ccccc2CN1C(=O)c1ccco1. The first kappa shape index (κ1) is 20.5. The number of halogens is 2. The molecule has 2 heterocycles. The van der Waals surface area contributed by atoms with E-state index in [9.17, 15) is 9.59 Å². The molecule has 2 aromatic carbocycles. The average Bonchev–Trinajstić information content (AvgIpc) is 3.29. The van der Waals surface area contributed by atoms with Crippen molar-refractivity contribution in [3.63, 3.8) is 0 Å². The summed E-state index contributed by atoms with van der Waals surface area (Å²) >= 11 is 12.1. The van der Waals surface area contributed by atoms with Gasteiger partial charge in [0.15, 0.2) is 5.76 Å². The number of carbonyl (C=O) groups excluding carboxylic acids is 2. The highest BCUT2D eigenvalue weighted by Crippen LogP contribution is 2.27. The molecule has 4 rings (SSSR count).